The summed E-state index contributed by atoms with van der Waals surface area (Å²) in [6, 6.07) is 0. The van der Waals surface area contributed by atoms with Gasteiger partial charge in [-0.2, -0.15) is 0 Å². The maximum atomic E-state index is 5.12. The lowest BCUT2D eigenvalue weighted by Crippen LogP contribution is -1.96. The SMILES string of the molecule is S=CCCOCCC=S. The highest BCUT2D eigenvalue weighted by atomic mass is 32.1. The van der Waals surface area contributed by atoms with E-state index in [-0.39, 0.29) is 0 Å². The lowest BCUT2D eigenvalue weighted by atomic mass is 10.5. The molecule has 0 saturated carbocycles. The first-order valence-electron chi connectivity index (χ1n) is 2.87. The van der Waals surface area contributed by atoms with Gasteiger partial charge in [0.1, 0.15) is 0 Å². The van der Waals surface area contributed by atoms with E-state index in [1.165, 1.54) is 0 Å². The molecule has 0 spiro atoms. The molecule has 0 bridgehead atoms. The van der Waals surface area contributed by atoms with Crippen molar-refractivity contribution in [2.75, 3.05) is 13.2 Å². The number of hydrogen-bond acceptors (Lipinski definition) is 3. The van der Waals surface area contributed by atoms with Crippen LogP contribution in [0.5, 0.6) is 0 Å². The van der Waals surface area contributed by atoms with Gasteiger partial charge in [-0.1, -0.05) is 24.4 Å². The van der Waals surface area contributed by atoms with Gasteiger partial charge in [0.15, 0.2) is 0 Å². The summed E-state index contributed by atoms with van der Waals surface area (Å²) in [4.78, 5) is 0. The molecule has 0 aromatic rings. The average Bonchev–Trinajstić information content (AvgIpc) is 1.89. The van der Waals surface area contributed by atoms with Crippen molar-refractivity contribution < 1.29 is 4.74 Å². The molecule has 9 heavy (non-hydrogen) atoms. The lowest BCUT2D eigenvalue weighted by Gasteiger charge is -1.96. The summed E-state index contributed by atoms with van der Waals surface area (Å²) >= 11 is 9.19. The first-order valence-corrected chi connectivity index (χ1v) is 3.81. The van der Waals surface area contributed by atoms with Crippen LogP contribution in [0.2, 0.25) is 0 Å². The zero-order valence-corrected chi connectivity index (χ0v) is 6.84. The van der Waals surface area contributed by atoms with Crippen LogP contribution < -0.4 is 0 Å². The van der Waals surface area contributed by atoms with Crippen LogP contribution in [-0.4, -0.2) is 23.9 Å². The summed E-state index contributed by atoms with van der Waals surface area (Å²) in [5.74, 6) is 0. The third-order valence-electron chi connectivity index (χ3n) is 0.760. The summed E-state index contributed by atoms with van der Waals surface area (Å²) in [6.45, 7) is 1.46. The number of thiocarbonyl (C=S) groups is 2. The number of hydrogen-bond donors (Lipinski definition) is 0. The van der Waals surface area contributed by atoms with Crippen molar-refractivity contribution in [1.82, 2.24) is 0 Å². The molecule has 0 amide bonds. The van der Waals surface area contributed by atoms with Crippen LogP contribution in [0.4, 0.5) is 0 Å². The molecule has 0 radical (unpaired) electrons. The molecule has 0 N–H and O–H groups in total. The molecule has 0 aliphatic heterocycles. The van der Waals surface area contributed by atoms with E-state index in [1.54, 1.807) is 10.7 Å². The lowest BCUT2D eigenvalue weighted by molar-refractivity contribution is 0.150. The predicted octanol–water partition coefficient (Wildman–Crippen LogP) is 1.78. The summed E-state index contributed by atoms with van der Waals surface area (Å²) in [7, 11) is 0. The van der Waals surface area contributed by atoms with Crippen molar-refractivity contribution in [3.8, 4) is 0 Å². The number of rotatable bonds is 6. The normalized spacial score (nSPS) is 8.89. The zero-order chi connectivity index (χ0) is 6.95. The van der Waals surface area contributed by atoms with Gasteiger partial charge in [0.05, 0.1) is 13.2 Å². The highest BCUT2D eigenvalue weighted by Gasteiger charge is 1.82. The van der Waals surface area contributed by atoms with Crippen LogP contribution >= 0.6 is 24.4 Å². The first-order chi connectivity index (χ1) is 4.41. The van der Waals surface area contributed by atoms with Gasteiger partial charge >= 0.3 is 0 Å². The Bertz CT molecular complexity index is 73.1. The van der Waals surface area contributed by atoms with E-state index in [2.05, 4.69) is 24.4 Å². The predicted molar refractivity (Wildman–Crippen MR) is 47.4 cm³/mol. The molecular weight excluding hydrogens is 152 g/mol. The van der Waals surface area contributed by atoms with Gasteiger partial charge in [0, 0.05) is 0 Å². The van der Waals surface area contributed by atoms with Crippen LogP contribution in [0.25, 0.3) is 0 Å². The molecule has 0 aromatic carbocycles. The first kappa shape index (κ1) is 9.14. The largest absolute Gasteiger partial charge is 0.381 e. The Morgan fingerprint density at radius 3 is 1.78 bits per heavy atom. The van der Waals surface area contributed by atoms with Gasteiger partial charge in [0.25, 0.3) is 0 Å². The minimum atomic E-state index is 0.729. The maximum Gasteiger partial charge on any atom is 0.0508 e. The van der Waals surface area contributed by atoms with E-state index >= 15 is 0 Å². The minimum Gasteiger partial charge on any atom is -0.381 e. The third-order valence-corrected chi connectivity index (χ3v) is 1.23. The number of ether oxygens (including phenoxy) is 1. The molecule has 0 heterocycles. The molecule has 0 rings (SSSR count). The fraction of sp³-hybridized carbons (Fsp3) is 0.667. The van der Waals surface area contributed by atoms with Crippen LogP contribution in [0.1, 0.15) is 12.8 Å². The Morgan fingerprint density at radius 2 is 1.44 bits per heavy atom. The van der Waals surface area contributed by atoms with Crippen LogP contribution in [-0.2, 0) is 4.74 Å². The van der Waals surface area contributed by atoms with Crippen LogP contribution in [0.15, 0.2) is 0 Å². The standard InChI is InChI=1S/C6H10OS2/c8-5-1-3-7-4-2-6-9/h5-6H,1-4H2. The Balaban J connectivity index is 2.74. The maximum absolute atomic E-state index is 5.12. The Labute approximate surface area is 66.4 Å². The monoisotopic (exact) mass is 162 g/mol. The highest BCUT2D eigenvalue weighted by Crippen LogP contribution is 1.81. The topological polar surface area (TPSA) is 9.23 Å². The second-order valence-corrected chi connectivity index (χ2v) is 2.19. The molecule has 0 aliphatic carbocycles. The molecule has 0 unspecified atom stereocenters. The second-order valence-electron chi connectivity index (χ2n) is 1.52. The van der Waals surface area contributed by atoms with Crippen molar-refractivity contribution in [3.05, 3.63) is 0 Å². The van der Waals surface area contributed by atoms with Gasteiger partial charge in [0.2, 0.25) is 0 Å². The van der Waals surface area contributed by atoms with Crippen molar-refractivity contribution in [1.29, 1.82) is 0 Å². The van der Waals surface area contributed by atoms with Crippen molar-refractivity contribution >= 4 is 35.2 Å². The van der Waals surface area contributed by atoms with Crippen molar-refractivity contribution in [2.24, 2.45) is 0 Å². The molecular formula is C6H10OS2. The van der Waals surface area contributed by atoms with Crippen LogP contribution in [0.3, 0.4) is 0 Å². The molecule has 3 heteroatoms. The quantitative estimate of drug-likeness (QED) is 0.435. The zero-order valence-electron chi connectivity index (χ0n) is 5.21. The Hall–Kier alpha value is 0.140. The van der Waals surface area contributed by atoms with Gasteiger partial charge in [-0.05, 0) is 23.6 Å². The van der Waals surface area contributed by atoms with Gasteiger partial charge in [-0.3, -0.25) is 0 Å². The van der Waals surface area contributed by atoms with E-state index < -0.39 is 0 Å². The van der Waals surface area contributed by atoms with E-state index in [0.717, 1.165) is 26.1 Å². The average molecular weight is 162 g/mol. The molecule has 0 fully saturated rings. The molecule has 52 valence electrons. The van der Waals surface area contributed by atoms with Crippen LogP contribution in [0, 0.1) is 0 Å². The van der Waals surface area contributed by atoms with Gasteiger partial charge in [-0.15, -0.1) is 0 Å². The Kier molecular flexibility index (Phi) is 8.27. The third kappa shape index (κ3) is 8.14. The van der Waals surface area contributed by atoms with E-state index in [1.807, 2.05) is 0 Å². The van der Waals surface area contributed by atoms with E-state index in [9.17, 15) is 0 Å². The molecule has 0 aromatic heterocycles. The molecule has 1 nitrogen and oxygen atoms in total. The summed E-state index contributed by atoms with van der Waals surface area (Å²) in [5, 5.41) is 3.36. The summed E-state index contributed by atoms with van der Waals surface area (Å²) in [5.41, 5.74) is 0. The minimum absolute atomic E-state index is 0.729. The fourth-order valence-corrected chi connectivity index (χ4v) is 0.557. The van der Waals surface area contributed by atoms with Gasteiger partial charge in [-0.25, -0.2) is 0 Å². The Morgan fingerprint density at radius 1 is 1.00 bits per heavy atom. The smallest absolute Gasteiger partial charge is 0.0508 e. The highest BCUT2D eigenvalue weighted by molar-refractivity contribution is 7.79. The second kappa shape index (κ2) is 8.14. The molecule has 0 aliphatic rings. The van der Waals surface area contributed by atoms with Crippen molar-refractivity contribution in [2.45, 2.75) is 12.8 Å². The van der Waals surface area contributed by atoms with Gasteiger partial charge < -0.3 is 4.74 Å². The summed E-state index contributed by atoms with van der Waals surface area (Å²) in [6.07, 6.45) is 1.71. The van der Waals surface area contributed by atoms with E-state index in [0.29, 0.717) is 0 Å². The van der Waals surface area contributed by atoms with Crippen molar-refractivity contribution in [3.63, 3.8) is 0 Å². The molecule has 0 saturated heterocycles. The fourth-order valence-electron chi connectivity index (χ4n) is 0.365. The van der Waals surface area contributed by atoms with E-state index in [4.69, 9.17) is 4.74 Å². The molecule has 0 atom stereocenters. The summed E-state index contributed by atoms with van der Waals surface area (Å²) < 4.78 is 5.12.